The minimum Gasteiger partial charge on any atom is -0.380 e. The van der Waals surface area contributed by atoms with Crippen LogP contribution >= 0.6 is 0 Å². The summed E-state index contributed by atoms with van der Waals surface area (Å²) >= 11 is 0. The van der Waals surface area contributed by atoms with Crippen molar-refractivity contribution in [1.29, 1.82) is 0 Å². The van der Waals surface area contributed by atoms with Crippen molar-refractivity contribution >= 4 is 17.8 Å². The SMILES string of the molecule is CC.CCNC(=O)c1cc(NC(=O)NCc2cc(COC)ccc2C(F)(F)F)n(-c2ccccc2)n1. The molecule has 3 N–H and O–H groups in total. The number of ether oxygens (including phenoxy) is 1. The maximum absolute atomic E-state index is 13.4. The molecule has 1 aromatic heterocycles. The number of urea groups is 1. The van der Waals surface area contributed by atoms with Gasteiger partial charge in [-0.3, -0.25) is 10.1 Å². The summed E-state index contributed by atoms with van der Waals surface area (Å²) in [7, 11) is 1.44. The summed E-state index contributed by atoms with van der Waals surface area (Å²) in [6.45, 7) is 5.91. The zero-order valence-corrected chi connectivity index (χ0v) is 20.6. The summed E-state index contributed by atoms with van der Waals surface area (Å²) in [6, 6.07) is 13.0. The lowest BCUT2D eigenvalue weighted by atomic mass is 10.0. The Morgan fingerprint density at radius 2 is 1.72 bits per heavy atom. The van der Waals surface area contributed by atoms with Gasteiger partial charge in [-0.25, -0.2) is 9.48 Å². The van der Waals surface area contributed by atoms with E-state index in [-0.39, 0.29) is 30.2 Å². The van der Waals surface area contributed by atoms with Gasteiger partial charge in [-0.1, -0.05) is 44.2 Å². The third-order valence-electron chi connectivity index (χ3n) is 4.75. The number of carbonyl (C=O) groups is 2. The summed E-state index contributed by atoms with van der Waals surface area (Å²) in [6.07, 6.45) is -4.58. The van der Waals surface area contributed by atoms with Gasteiger partial charge in [0.05, 0.1) is 17.9 Å². The molecule has 8 nitrogen and oxygen atoms in total. The molecule has 0 unspecified atom stereocenters. The fourth-order valence-corrected chi connectivity index (χ4v) is 3.26. The first-order valence-electron chi connectivity index (χ1n) is 11.4. The number of aromatic nitrogens is 2. The second kappa shape index (κ2) is 13.3. The van der Waals surface area contributed by atoms with Gasteiger partial charge in [-0.05, 0) is 36.2 Å². The Morgan fingerprint density at radius 1 is 1.03 bits per heavy atom. The molecule has 3 aromatic rings. The highest BCUT2D eigenvalue weighted by Gasteiger charge is 2.33. The maximum Gasteiger partial charge on any atom is 0.416 e. The fourth-order valence-electron chi connectivity index (χ4n) is 3.26. The molecule has 0 atom stereocenters. The number of methoxy groups -OCH3 is 1. The van der Waals surface area contributed by atoms with E-state index < -0.39 is 23.7 Å². The van der Waals surface area contributed by atoms with Crippen LogP contribution in [0.2, 0.25) is 0 Å². The van der Waals surface area contributed by atoms with Gasteiger partial charge in [0, 0.05) is 26.3 Å². The van der Waals surface area contributed by atoms with Gasteiger partial charge in [-0.15, -0.1) is 0 Å². The quantitative estimate of drug-likeness (QED) is 0.395. The Hall–Kier alpha value is -3.86. The van der Waals surface area contributed by atoms with E-state index in [1.165, 1.54) is 30.0 Å². The number of halogens is 3. The number of carbonyl (C=O) groups excluding carboxylic acids is 2. The van der Waals surface area contributed by atoms with E-state index >= 15 is 0 Å². The van der Waals surface area contributed by atoms with Crippen LogP contribution < -0.4 is 16.0 Å². The number of nitrogens with one attached hydrogen (secondary N) is 3. The number of anilines is 1. The van der Waals surface area contributed by atoms with Crippen LogP contribution in [0, 0.1) is 0 Å². The van der Waals surface area contributed by atoms with Crippen LogP contribution in [0.1, 0.15) is 48.0 Å². The van der Waals surface area contributed by atoms with Crippen molar-refractivity contribution in [2.24, 2.45) is 0 Å². The molecular weight excluding hydrogens is 475 g/mol. The highest BCUT2D eigenvalue weighted by Crippen LogP contribution is 2.32. The molecule has 3 rings (SSSR count). The molecule has 36 heavy (non-hydrogen) atoms. The second-order valence-corrected chi connectivity index (χ2v) is 7.25. The number of nitrogens with zero attached hydrogens (tertiary/aromatic N) is 2. The number of para-hydroxylation sites is 1. The Morgan fingerprint density at radius 3 is 2.33 bits per heavy atom. The zero-order chi connectivity index (χ0) is 26.7. The van der Waals surface area contributed by atoms with Gasteiger partial charge in [0.1, 0.15) is 5.82 Å². The van der Waals surface area contributed by atoms with Crippen molar-refractivity contribution in [3.8, 4) is 5.69 Å². The third-order valence-corrected chi connectivity index (χ3v) is 4.75. The molecule has 0 saturated carbocycles. The van der Waals surface area contributed by atoms with E-state index in [9.17, 15) is 22.8 Å². The average Bonchev–Trinajstić information content (AvgIpc) is 3.28. The molecule has 0 bridgehead atoms. The van der Waals surface area contributed by atoms with E-state index in [0.717, 1.165) is 6.07 Å². The summed E-state index contributed by atoms with van der Waals surface area (Å²) in [5.74, 6) is -0.250. The van der Waals surface area contributed by atoms with Gasteiger partial charge >= 0.3 is 12.2 Å². The molecule has 194 valence electrons. The van der Waals surface area contributed by atoms with E-state index in [1.54, 1.807) is 37.3 Å². The van der Waals surface area contributed by atoms with Crippen LogP contribution in [-0.2, 0) is 24.1 Å². The predicted octanol–water partition coefficient (Wildman–Crippen LogP) is 5.14. The van der Waals surface area contributed by atoms with Gasteiger partial charge < -0.3 is 15.4 Å². The lowest BCUT2D eigenvalue weighted by Crippen LogP contribution is -2.30. The lowest BCUT2D eigenvalue weighted by Gasteiger charge is -2.15. The molecular formula is C25H30F3N5O3. The number of rotatable bonds is 8. The molecule has 2 aromatic carbocycles. The van der Waals surface area contributed by atoms with Gasteiger partial charge in [0.2, 0.25) is 0 Å². The Balaban J connectivity index is 0.00000222. The van der Waals surface area contributed by atoms with Crippen LogP contribution in [0.25, 0.3) is 5.69 Å². The van der Waals surface area contributed by atoms with Crippen molar-refractivity contribution < 1.29 is 27.5 Å². The summed E-state index contributed by atoms with van der Waals surface area (Å²) in [5, 5.41) is 11.9. The molecule has 0 spiro atoms. The van der Waals surface area contributed by atoms with E-state index in [1.807, 2.05) is 13.8 Å². The molecule has 1 heterocycles. The van der Waals surface area contributed by atoms with E-state index in [4.69, 9.17) is 4.74 Å². The number of alkyl halides is 3. The van der Waals surface area contributed by atoms with Crippen LogP contribution in [0.4, 0.5) is 23.8 Å². The molecule has 0 aliphatic rings. The number of benzene rings is 2. The molecule has 0 saturated heterocycles. The first-order chi connectivity index (χ1) is 17.2. The zero-order valence-electron chi connectivity index (χ0n) is 20.6. The summed E-state index contributed by atoms with van der Waals surface area (Å²) in [4.78, 5) is 24.8. The molecule has 3 amide bonds. The first kappa shape index (κ1) is 28.4. The molecule has 0 fully saturated rings. The number of hydrogen-bond acceptors (Lipinski definition) is 4. The predicted molar refractivity (Wildman–Crippen MR) is 131 cm³/mol. The largest absolute Gasteiger partial charge is 0.416 e. The average molecular weight is 506 g/mol. The molecule has 0 aliphatic heterocycles. The molecule has 0 radical (unpaired) electrons. The van der Waals surface area contributed by atoms with Crippen molar-refractivity contribution in [2.75, 3.05) is 19.0 Å². The smallest absolute Gasteiger partial charge is 0.380 e. The maximum atomic E-state index is 13.4. The van der Waals surface area contributed by atoms with Crippen molar-refractivity contribution in [3.05, 3.63) is 77.0 Å². The van der Waals surface area contributed by atoms with Crippen LogP contribution in [-0.4, -0.2) is 35.4 Å². The monoisotopic (exact) mass is 505 g/mol. The standard InChI is InChI=1S/C23H24F3N5O3.C2H6/c1-3-27-21(32)19-12-20(31(30-19)17-7-5-4-6-8-17)29-22(33)28-13-16-11-15(14-34-2)9-10-18(16)23(24,25)26;1-2/h4-12H,3,13-14H2,1-2H3,(H,27,32)(H2,28,29,33);1-2H3. The number of hydrogen-bond donors (Lipinski definition) is 3. The Bertz CT molecular complexity index is 1150. The molecule has 11 heteroatoms. The van der Waals surface area contributed by atoms with Gasteiger partial charge in [0.25, 0.3) is 5.91 Å². The van der Waals surface area contributed by atoms with E-state index in [0.29, 0.717) is 17.8 Å². The first-order valence-corrected chi connectivity index (χ1v) is 11.4. The molecule has 0 aliphatic carbocycles. The Labute approximate surface area is 207 Å². The lowest BCUT2D eigenvalue weighted by molar-refractivity contribution is -0.138. The van der Waals surface area contributed by atoms with Crippen molar-refractivity contribution in [3.63, 3.8) is 0 Å². The van der Waals surface area contributed by atoms with Crippen molar-refractivity contribution in [1.82, 2.24) is 20.4 Å². The highest BCUT2D eigenvalue weighted by molar-refractivity contribution is 5.95. The normalized spacial score (nSPS) is 10.8. The second-order valence-electron chi connectivity index (χ2n) is 7.25. The van der Waals surface area contributed by atoms with Crippen molar-refractivity contribution in [2.45, 2.75) is 40.1 Å². The minimum atomic E-state index is -4.58. The topological polar surface area (TPSA) is 97.3 Å². The third kappa shape index (κ3) is 7.57. The fraction of sp³-hybridized carbons (Fsp3) is 0.320. The number of amides is 3. The summed E-state index contributed by atoms with van der Waals surface area (Å²) < 4.78 is 46.6. The van der Waals surface area contributed by atoms with Crippen LogP contribution in [0.5, 0.6) is 0 Å². The van der Waals surface area contributed by atoms with Crippen LogP contribution in [0.15, 0.2) is 54.6 Å². The Kier molecular flexibility index (Phi) is 10.5. The minimum absolute atomic E-state index is 0.0765. The van der Waals surface area contributed by atoms with Gasteiger partial charge in [0.15, 0.2) is 5.69 Å². The highest BCUT2D eigenvalue weighted by atomic mass is 19.4. The van der Waals surface area contributed by atoms with Gasteiger partial charge in [-0.2, -0.15) is 18.3 Å². The summed E-state index contributed by atoms with van der Waals surface area (Å²) in [5.41, 5.74) is 0.256. The van der Waals surface area contributed by atoms with E-state index in [2.05, 4.69) is 21.0 Å². The van der Waals surface area contributed by atoms with Crippen LogP contribution in [0.3, 0.4) is 0 Å².